The van der Waals surface area contributed by atoms with Crippen molar-refractivity contribution in [1.29, 1.82) is 0 Å². The molecular formula is C25H18FN5. The minimum Gasteiger partial charge on any atom is -0.364 e. The molecular weight excluding hydrogens is 389 g/mol. The number of rotatable bonds is 5. The van der Waals surface area contributed by atoms with Gasteiger partial charge in [-0.1, -0.05) is 36.4 Å². The topological polar surface area (TPSA) is 63.6 Å². The highest BCUT2D eigenvalue weighted by Gasteiger charge is 2.15. The number of nitrogens with one attached hydrogen (secondary N) is 1. The molecule has 0 radical (unpaired) electrons. The predicted octanol–water partition coefficient (Wildman–Crippen LogP) is 5.51. The Bertz CT molecular complexity index is 1330. The number of anilines is 1. The van der Waals surface area contributed by atoms with Crippen LogP contribution in [0.4, 0.5) is 10.2 Å². The predicted molar refractivity (Wildman–Crippen MR) is 120 cm³/mol. The summed E-state index contributed by atoms with van der Waals surface area (Å²) in [6.45, 7) is 0.455. The molecule has 5 nitrogen and oxygen atoms in total. The number of halogens is 1. The van der Waals surface area contributed by atoms with Crippen molar-refractivity contribution in [3.63, 3.8) is 0 Å². The molecule has 6 heteroatoms. The lowest BCUT2D eigenvalue weighted by Gasteiger charge is -2.13. The normalized spacial score (nSPS) is 10.9. The van der Waals surface area contributed by atoms with Gasteiger partial charge in [0.1, 0.15) is 17.2 Å². The van der Waals surface area contributed by atoms with Crippen molar-refractivity contribution >= 4 is 16.7 Å². The van der Waals surface area contributed by atoms with E-state index >= 15 is 4.39 Å². The van der Waals surface area contributed by atoms with Gasteiger partial charge in [0.2, 0.25) is 0 Å². The SMILES string of the molecule is Fc1cc(-c2ccccc2)cc2c(NCc3ccccn3)nc(-c3cccnc3)nc12. The summed E-state index contributed by atoms with van der Waals surface area (Å²) in [5, 5.41) is 3.93. The number of aromatic nitrogens is 4. The molecule has 0 atom stereocenters. The number of benzene rings is 2. The molecule has 1 N–H and O–H groups in total. The van der Waals surface area contributed by atoms with E-state index in [9.17, 15) is 0 Å². The summed E-state index contributed by atoms with van der Waals surface area (Å²) in [5.41, 5.74) is 3.53. The molecule has 5 rings (SSSR count). The first-order valence-electron chi connectivity index (χ1n) is 9.89. The van der Waals surface area contributed by atoms with Gasteiger partial charge in [0.25, 0.3) is 0 Å². The molecule has 0 aliphatic heterocycles. The fourth-order valence-corrected chi connectivity index (χ4v) is 3.42. The van der Waals surface area contributed by atoms with Crippen molar-refractivity contribution in [1.82, 2.24) is 19.9 Å². The van der Waals surface area contributed by atoms with Crippen LogP contribution in [-0.2, 0) is 6.54 Å². The largest absolute Gasteiger partial charge is 0.364 e. The molecule has 0 spiro atoms. The number of hydrogen-bond acceptors (Lipinski definition) is 5. The van der Waals surface area contributed by atoms with Crippen molar-refractivity contribution in [2.75, 3.05) is 5.32 Å². The fourth-order valence-electron chi connectivity index (χ4n) is 3.42. The van der Waals surface area contributed by atoms with Crippen LogP contribution in [-0.4, -0.2) is 19.9 Å². The molecule has 0 unspecified atom stereocenters. The number of hydrogen-bond donors (Lipinski definition) is 1. The van der Waals surface area contributed by atoms with Gasteiger partial charge < -0.3 is 5.32 Å². The molecule has 0 saturated carbocycles. The quantitative estimate of drug-likeness (QED) is 0.416. The van der Waals surface area contributed by atoms with Crippen LogP contribution < -0.4 is 5.32 Å². The fraction of sp³-hybridized carbons (Fsp3) is 0.0400. The molecule has 3 heterocycles. The number of pyridine rings is 2. The first-order chi connectivity index (χ1) is 15.3. The van der Waals surface area contributed by atoms with E-state index in [2.05, 4.69) is 20.3 Å². The average Bonchev–Trinajstić information content (AvgIpc) is 2.84. The molecule has 0 aliphatic carbocycles. The summed E-state index contributed by atoms with van der Waals surface area (Å²) in [5.74, 6) is 0.562. The van der Waals surface area contributed by atoms with Gasteiger partial charge in [0.05, 0.1) is 12.2 Å². The second-order valence-electron chi connectivity index (χ2n) is 7.03. The van der Waals surface area contributed by atoms with Crippen LogP contribution in [0.5, 0.6) is 0 Å². The smallest absolute Gasteiger partial charge is 0.163 e. The maximum Gasteiger partial charge on any atom is 0.163 e. The summed E-state index contributed by atoms with van der Waals surface area (Å²) in [4.78, 5) is 17.7. The molecule has 150 valence electrons. The van der Waals surface area contributed by atoms with Crippen LogP contribution >= 0.6 is 0 Å². The van der Waals surface area contributed by atoms with Crippen LogP contribution in [0.2, 0.25) is 0 Å². The average molecular weight is 407 g/mol. The monoisotopic (exact) mass is 407 g/mol. The van der Waals surface area contributed by atoms with Crippen LogP contribution in [0.3, 0.4) is 0 Å². The zero-order chi connectivity index (χ0) is 21.0. The number of nitrogens with zero attached hydrogens (tertiary/aromatic N) is 4. The number of fused-ring (bicyclic) bond motifs is 1. The Balaban J connectivity index is 1.66. The highest BCUT2D eigenvalue weighted by Crippen LogP contribution is 2.31. The lowest BCUT2D eigenvalue weighted by Crippen LogP contribution is -2.06. The lowest BCUT2D eigenvalue weighted by atomic mass is 10.0. The van der Waals surface area contributed by atoms with Gasteiger partial charge in [-0.05, 0) is 47.5 Å². The van der Waals surface area contributed by atoms with Crippen molar-refractivity contribution in [3.8, 4) is 22.5 Å². The standard InChI is InChI=1S/C25H18FN5/c26-22-14-19(17-7-2-1-3-8-17)13-21-23(22)30-24(18-9-6-11-27-15-18)31-25(21)29-16-20-10-4-5-12-28-20/h1-15H,16H2,(H,29,30,31). The molecule has 2 aromatic carbocycles. The molecule has 5 aromatic rings. The van der Waals surface area contributed by atoms with Crippen LogP contribution in [0.25, 0.3) is 33.4 Å². The first-order valence-corrected chi connectivity index (χ1v) is 9.89. The maximum absolute atomic E-state index is 15.2. The molecule has 31 heavy (non-hydrogen) atoms. The van der Waals surface area contributed by atoms with E-state index in [4.69, 9.17) is 4.98 Å². The Morgan fingerprint density at radius 2 is 1.61 bits per heavy atom. The third kappa shape index (κ3) is 3.96. The molecule has 0 saturated heterocycles. The first kappa shape index (κ1) is 18.8. The minimum atomic E-state index is -0.398. The Morgan fingerprint density at radius 1 is 0.774 bits per heavy atom. The van der Waals surface area contributed by atoms with Gasteiger partial charge in [-0.2, -0.15) is 0 Å². The zero-order valence-corrected chi connectivity index (χ0v) is 16.5. The van der Waals surface area contributed by atoms with Crippen molar-refractivity contribution in [2.45, 2.75) is 6.54 Å². The highest BCUT2D eigenvalue weighted by atomic mass is 19.1. The van der Waals surface area contributed by atoms with E-state index in [1.807, 2.05) is 60.7 Å². The third-order valence-electron chi connectivity index (χ3n) is 4.94. The second-order valence-corrected chi connectivity index (χ2v) is 7.03. The summed E-state index contributed by atoms with van der Waals surface area (Å²) >= 11 is 0. The van der Waals surface area contributed by atoms with Gasteiger partial charge in [-0.15, -0.1) is 0 Å². The lowest BCUT2D eigenvalue weighted by molar-refractivity contribution is 0.637. The third-order valence-corrected chi connectivity index (χ3v) is 4.94. The molecule has 0 amide bonds. The van der Waals surface area contributed by atoms with E-state index in [-0.39, 0.29) is 5.52 Å². The van der Waals surface area contributed by atoms with E-state index < -0.39 is 5.82 Å². The van der Waals surface area contributed by atoms with Gasteiger partial charge >= 0.3 is 0 Å². The summed E-state index contributed by atoms with van der Waals surface area (Å²) in [6, 6.07) is 22.5. The summed E-state index contributed by atoms with van der Waals surface area (Å²) in [6.07, 6.45) is 5.08. The Hall–Kier alpha value is -4.19. The van der Waals surface area contributed by atoms with Gasteiger partial charge in [0, 0.05) is 29.5 Å². The van der Waals surface area contributed by atoms with Gasteiger partial charge in [0.15, 0.2) is 5.82 Å². The van der Waals surface area contributed by atoms with E-state index in [1.54, 1.807) is 24.7 Å². The Morgan fingerprint density at radius 3 is 2.39 bits per heavy atom. The molecule has 0 aliphatic rings. The second kappa shape index (κ2) is 8.28. The van der Waals surface area contributed by atoms with Crippen molar-refractivity contribution < 1.29 is 4.39 Å². The van der Waals surface area contributed by atoms with Crippen LogP contribution in [0.15, 0.2) is 91.4 Å². The molecule has 0 bridgehead atoms. The molecule has 0 fully saturated rings. The Labute approximate surface area is 178 Å². The van der Waals surface area contributed by atoms with Gasteiger partial charge in [-0.3, -0.25) is 9.97 Å². The highest BCUT2D eigenvalue weighted by molar-refractivity contribution is 5.94. The zero-order valence-electron chi connectivity index (χ0n) is 16.5. The van der Waals surface area contributed by atoms with E-state index in [0.29, 0.717) is 23.6 Å². The van der Waals surface area contributed by atoms with E-state index in [1.165, 1.54) is 6.07 Å². The maximum atomic E-state index is 15.2. The van der Waals surface area contributed by atoms with Crippen LogP contribution in [0, 0.1) is 5.82 Å². The summed E-state index contributed by atoms with van der Waals surface area (Å²) < 4.78 is 15.2. The molecule has 3 aromatic heterocycles. The van der Waals surface area contributed by atoms with Crippen molar-refractivity contribution in [2.24, 2.45) is 0 Å². The van der Waals surface area contributed by atoms with Crippen molar-refractivity contribution in [3.05, 3.63) is 103 Å². The summed E-state index contributed by atoms with van der Waals surface area (Å²) in [7, 11) is 0. The minimum absolute atomic E-state index is 0.261. The van der Waals surface area contributed by atoms with Crippen LogP contribution in [0.1, 0.15) is 5.69 Å². The van der Waals surface area contributed by atoms with Gasteiger partial charge in [-0.25, -0.2) is 14.4 Å². The Kier molecular flexibility index (Phi) is 5.02. The van der Waals surface area contributed by atoms with E-state index in [0.717, 1.165) is 22.4 Å².